The molecule has 0 aromatic rings. The van der Waals surface area contributed by atoms with E-state index in [1.165, 1.54) is 19.1 Å². The van der Waals surface area contributed by atoms with E-state index in [2.05, 4.69) is 0 Å². The fourth-order valence-electron chi connectivity index (χ4n) is 2.06. The summed E-state index contributed by atoms with van der Waals surface area (Å²) in [6.45, 7) is 0.208. The number of aliphatic hydroxyl groups is 1. The monoisotopic (exact) mass is 245 g/mol. The van der Waals surface area contributed by atoms with E-state index < -0.39 is 23.4 Å². The lowest BCUT2D eigenvalue weighted by atomic mass is 9.68. The molecule has 98 valence electrons. The molecule has 0 radical (unpaired) electrons. The van der Waals surface area contributed by atoms with Crippen LogP contribution >= 0.6 is 0 Å². The minimum atomic E-state index is -1.26. The summed E-state index contributed by atoms with van der Waals surface area (Å²) in [6.07, 6.45) is 0.726. The van der Waals surface area contributed by atoms with Gasteiger partial charge < -0.3 is 19.8 Å². The van der Waals surface area contributed by atoms with Crippen molar-refractivity contribution < 1.29 is 24.5 Å². The molecular formula is C11H19NO5. The number of ether oxygens (including phenoxy) is 1. The highest BCUT2D eigenvalue weighted by Gasteiger charge is 2.52. The van der Waals surface area contributed by atoms with E-state index in [1.807, 2.05) is 0 Å². The van der Waals surface area contributed by atoms with Crippen LogP contribution in [-0.2, 0) is 14.3 Å². The van der Waals surface area contributed by atoms with Crippen LogP contribution in [0.2, 0.25) is 0 Å². The molecule has 1 unspecified atom stereocenters. The van der Waals surface area contributed by atoms with Crippen LogP contribution < -0.4 is 0 Å². The van der Waals surface area contributed by atoms with Crippen molar-refractivity contribution in [2.75, 3.05) is 27.3 Å². The molecule has 1 aliphatic rings. The van der Waals surface area contributed by atoms with Crippen LogP contribution in [0.1, 0.15) is 19.3 Å². The lowest BCUT2D eigenvalue weighted by Crippen LogP contribution is -2.53. The standard InChI is InChI=1S/C11H19NO5/c1-12(6-8(13)7-17-2)9(14)11(10(15)16)4-3-5-11/h8,13H,3-7H2,1-2H3,(H,15,16). The second-order valence-corrected chi connectivity index (χ2v) is 4.54. The van der Waals surface area contributed by atoms with Gasteiger partial charge in [0.1, 0.15) is 5.41 Å². The van der Waals surface area contributed by atoms with Crippen molar-refractivity contribution in [1.29, 1.82) is 0 Å². The fourth-order valence-corrected chi connectivity index (χ4v) is 2.06. The first-order chi connectivity index (χ1) is 7.94. The third kappa shape index (κ3) is 2.76. The maximum absolute atomic E-state index is 12.0. The molecule has 0 spiro atoms. The van der Waals surface area contributed by atoms with Gasteiger partial charge in [-0.2, -0.15) is 0 Å². The van der Waals surface area contributed by atoms with E-state index in [0.29, 0.717) is 12.8 Å². The van der Waals surface area contributed by atoms with Gasteiger partial charge >= 0.3 is 5.97 Å². The van der Waals surface area contributed by atoms with Gasteiger partial charge in [0.2, 0.25) is 5.91 Å². The maximum Gasteiger partial charge on any atom is 0.319 e. The Morgan fingerprint density at radius 3 is 2.41 bits per heavy atom. The van der Waals surface area contributed by atoms with Gasteiger partial charge in [-0.25, -0.2) is 0 Å². The zero-order chi connectivity index (χ0) is 13.1. The minimum Gasteiger partial charge on any atom is -0.480 e. The zero-order valence-corrected chi connectivity index (χ0v) is 10.2. The summed E-state index contributed by atoms with van der Waals surface area (Å²) in [5.74, 6) is -1.49. The Morgan fingerprint density at radius 1 is 1.47 bits per heavy atom. The van der Waals surface area contributed by atoms with E-state index in [4.69, 9.17) is 9.84 Å². The molecule has 1 atom stereocenters. The fraction of sp³-hybridized carbons (Fsp3) is 0.818. The number of aliphatic carboxylic acids is 1. The molecule has 6 nitrogen and oxygen atoms in total. The Balaban J connectivity index is 2.59. The van der Waals surface area contributed by atoms with Crippen molar-refractivity contribution in [2.45, 2.75) is 25.4 Å². The van der Waals surface area contributed by atoms with Crippen LogP contribution in [0.4, 0.5) is 0 Å². The Kier molecular flexibility index (Phi) is 4.47. The number of hydrogen-bond donors (Lipinski definition) is 2. The average molecular weight is 245 g/mol. The Morgan fingerprint density at radius 2 is 2.06 bits per heavy atom. The molecule has 0 bridgehead atoms. The number of rotatable bonds is 6. The summed E-state index contributed by atoms with van der Waals surface area (Å²) in [6, 6.07) is 0. The number of aliphatic hydroxyl groups excluding tert-OH is 1. The molecule has 0 aromatic carbocycles. The van der Waals surface area contributed by atoms with Crippen LogP contribution in [0.15, 0.2) is 0 Å². The van der Waals surface area contributed by atoms with Crippen LogP contribution in [0.25, 0.3) is 0 Å². The van der Waals surface area contributed by atoms with Crippen molar-refractivity contribution in [3.63, 3.8) is 0 Å². The predicted octanol–water partition coefficient (Wildman–Crippen LogP) is -0.293. The highest BCUT2D eigenvalue weighted by Crippen LogP contribution is 2.42. The van der Waals surface area contributed by atoms with Gasteiger partial charge in [0.15, 0.2) is 0 Å². The smallest absolute Gasteiger partial charge is 0.319 e. The van der Waals surface area contributed by atoms with Crippen LogP contribution in [0.3, 0.4) is 0 Å². The van der Waals surface area contributed by atoms with Gasteiger partial charge in [-0.15, -0.1) is 0 Å². The van der Waals surface area contributed by atoms with Crippen molar-refractivity contribution in [3.05, 3.63) is 0 Å². The van der Waals surface area contributed by atoms with Gasteiger partial charge in [0, 0.05) is 20.7 Å². The number of methoxy groups -OCH3 is 1. The minimum absolute atomic E-state index is 0.0850. The first kappa shape index (κ1) is 13.9. The van der Waals surface area contributed by atoms with E-state index in [0.717, 1.165) is 6.42 Å². The number of hydrogen-bond acceptors (Lipinski definition) is 4. The second kappa shape index (κ2) is 5.46. The molecule has 6 heteroatoms. The SMILES string of the molecule is COCC(O)CN(C)C(=O)C1(C(=O)O)CCC1. The zero-order valence-electron chi connectivity index (χ0n) is 10.2. The third-order valence-electron chi connectivity index (χ3n) is 3.22. The van der Waals surface area contributed by atoms with E-state index in [-0.39, 0.29) is 13.2 Å². The number of carbonyl (C=O) groups is 2. The normalized spacial score (nSPS) is 19.2. The van der Waals surface area contributed by atoms with Gasteiger partial charge in [-0.3, -0.25) is 9.59 Å². The summed E-state index contributed by atoms with van der Waals surface area (Å²) < 4.78 is 4.75. The Labute approximate surface area is 100 Å². The van der Waals surface area contributed by atoms with E-state index in [9.17, 15) is 14.7 Å². The summed E-state index contributed by atoms with van der Waals surface area (Å²) in [5.41, 5.74) is -1.26. The van der Waals surface area contributed by atoms with Crippen molar-refractivity contribution in [3.8, 4) is 0 Å². The lowest BCUT2D eigenvalue weighted by Gasteiger charge is -2.39. The van der Waals surface area contributed by atoms with Gasteiger partial charge in [0.05, 0.1) is 12.7 Å². The number of carboxylic acids is 1. The van der Waals surface area contributed by atoms with Gasteiger partial charge in [0.25, 0.3) is 0 Å². The maximum atomic E-state index is 12.0. The number of carboxylic acid groups (broad SMARTS) is 1. The van der Waals surface area contributed by atoms with Crippen LogP contribution in [-0.4, -0.2) is 60.4 Å². The molecule has 0 heterocycles. The summed E-state index contributed by atoms with van der Waals surface area (Å²) in [7, 11) is 2.96. The molecule has 1 fully saturated rings. The molecule has 2 N–H and O–H groups in total. The topological polar surface area (TPSA) is 87.1 Å². The molecule has 1 aliphatic carbocycles. The van der Waals surface area contributed by atoms with Crippen LogP contribution in [0, 0.1) is 5.41 Å². The van der Waals surface area contributed by atoms with Gasteiger partial charge in [-0.05, 0) is 12.8 Å². The first-order valence-corrected chi connectivity index (χ1v) is 5.60. The largest absolute Gasteiger partial charge is 0.480 e. The molecule has 17 heavy (non-hydrogen) atoms. The molecule has 1 amide bonds. The number of nitrogens with zero attached hydrogens (tertiary/aromatic N) is 1. The number of likely N-dealkylation sites (N-methyl/N-ethyl adjacent to an activating group) is 1. The second-order valence-electron chi connectivity index (χ2n) is 4.54. The molecular weight excluding hydrogens is 226 g/mol. The first-order valence-electron chi connectivity index (χ1n) is 5.60. The van der Waals surface area contributed by atoms with Crippen molar-refractivity contribution in [2.24, 2.45) is 5.41 Å². The third-order valence-corrected chi connectivity index (χ3v) is 3.22. The summed E-state index contributed by atoms with van der Waals surface area (Å²) >= 11 is 0. The van der Waals surface area contributed by atoms with Crippen molar-refractivity contribution in [1.82, 2.24) is 4.90 Å². The van der Waals surface area contributed by atoms with Crippen LogP contribution in [0.5, 0.6) is 0 Å². The molecule has 0 saturated heterocycles. The van der Waals surface area contributed by atoms with E-state index in [1.54, 1.807) is 0 Å². The Bertz CT molecular complexity index is 300. The lowest BCUT2D eigenvalue weighted by molar-refractivity contribution is -0.167. The predicted molar refractivity (Wildman–Crippen MR) is 59.4 cm³/mol. The molecule has 0 aliphatic heterocycles. The molecule has 0 aromatic heterocycles. The highest BCUT2D eigenvalue weighted by molar-refractivity contribution is 6.02. The molecule has 1 rings (SSSR count). The quantitative estimate of drug-likeness (QED) is 0.628. The summed E-state index contributed by atoms with van der Waals surface area (Å²) in [4.78, 5) is 24.4. The Hall–Kier alpha value is -1.14. The summed E-state index contributed by atoms with van der Waals surface area (Å²) in [5, 5.41) is 18.6. The van der Waals surface area contributed by atoms with Crippen molar-refractivity contribution >= 4 is 11.9 Å². The molecule has 1 saturated carbocycles. The highest BCUT2D eigenvalue weighted by atomic mass is 16.5. The van der Waals surface area contributed by atoms with E-state index >= 15 is 0 Å². The number of carbonyl (C=O) groups excluding carboxylic acids is 1. The average Bonchev–Trinajstić information content (AvgIpc) is 2.15. The van der Waals surface area contributed by atoms with Gasteiger partial charge in [-0.1, -0.05) is 6.42 Å². The number of amides is 1.